The van der Waals surface area contributed by atoms with E-state index in [2.05, 4.69) is 10.0 Å². The summed E-state index contributed by atoms with van der Waals surface area (Å²) in [4.78, 5) is 36.5. The van der Waals surface area contributed by atoms with Crippen molar-refractivity contribution in [2.75, 3.05) is 25.0 Å². The zero-order valence-electron chi connectivity index (χ0n) is 15.9. The molecule has 2 rings (SSSR count). The predicted molar refractivity (Wildman–Crippen MR) is 102 cm³/mol. The van der Waals surface area contributed by atoms with Crippen molar-refractivity contribution in [1.29, 1.82) is 0 Å². The second kappa shape index (κ2) is 9.65. The highest BCUT2D eigenvalue weighted by atomic mass is 32.2. The van der Waals surface area contributed by atoms with Gasteiger partial charge in [0.25, 0.3) is 5.91 Å². The fraction of sp³-hybridized carbons (Fsp3) is 0.500. The van der Waals surface area contributed by atoms with Gasteiger partial charge in [-0.15, -0.1) is 0 Å². The molecule has 0 unspecified atom stereocenters. The van der Waals surface area contributed by atoms with Crippen LogP contribution in [0.5, 0.6) is 0 Å². The third kappa shape index (κ3) is 6.31. The lowest BCUT2D eigenvalue weighted by molar-refractivity contribution is -0.152. The lowest BCUT2D eigenvalue weighted by Crippen LogP contribution is -2.44. The molecule has 0 aromatic heterocycles. The van der Waals surface area contributed by atoms with Gasteiger partial charge in [-0.25, -0.2) is 8.42 Å². The Balaban J connectivity index is 1.82. The molecule has 2 amide bonds. The molecule has 1 saturated heterocycles. The molecule has 1 atom stereocenters. The highest BCUT2D eigenvalue weighted by molar-refractivity contribution is 7.89. The molecule has 1 aliphatic heterocycles. The molecule has 0 bridgehead atoms. The quantitative estimate of drug-likeness (QED) is 0.642. The summed E-state index contributed by atoms with van der Waals surface area (Å²) >= 11 is 0. The number of hydrogen-bond donors (Lipinski definition) is 2. The second-order valence-corrected chi connectivity index (χ2v) is 8.39. The summed E-state index contributed by atoms with van der Waals surface area (Å²) in [6.45, 7) is 2.94. The SMILES string of the molecule is CC(=O)Nc1ccc(S(=O)(=O)NCC(=O)OCC(=O)N2CCCC[C@@H]2C)cc1. The van der Waals surface area contributed by atoms with Crippen molar-refractivity contribution in [1.82, 2.24) is 9.62 Å². The minimum absolute atomic E-state index is 0.0624. The molecule has 1 fully saturated rings. The maximum absolute atomic E-state index is 12.2. The van der Waals surface area contributed by atoms with Gasteiger partial charge in [-0.3, -0.25) is 14.4 Å². The highest BCUT2D eigenvalue weighted by Gasteiger charge is 2.24. The molecule has 1 aromatic rings. The minimum Gasteiger partial charge on any atom is -0.455 e. The van der Waals surface area contributed by atoms with Crippen LogP contribution in [0.25, 0.3) is 0 Å². The molecular weight excluding hydrogens is 386 g/mol. The number of anilines is 1. The number of amides is 2. The van der Waals surface area contributed by atoms with Crippen molar-refractivity contribution in [2.24, 2.45) is 0 Å². The number of nitrogens with one attached hydrogen (secondary N) is 2. The lowest BCUT2D eigenvalue weighted by atomic mass is 10.0. The molecule has 0 saturated carbocycles. The van der Waals surface area contributed by atoms with E-state index in [1.165, 1.54) is 31.2 Å². The summed E-state index contributed by atoms with van der Waals surface area (Å²) in [6.07, 6.45) is 2.91. The Morgan fingerprint density at radius 2 is 1.86 bits per heavy atom. The third-order valence-corrected chi connectivity index (χ3v) is 5.79. The van der Waals surface area contributed by atoms with Crippen LogP contribution in [-0.4, -0.2) is 56.8 Å². The average molecular weight is 411 g/mol. The van der Waals surface area contributed by atoms with Gasteiger partial charge >= 0.3 is 5.97 Å². The Bertz CT molecular complexity index is 822. The molecule has 0 spiro atoms. The Morgan fingerprint density at radius 1 is 1.18 bits per heavy atom. The summed E-state index contributed by atoms with van der Waals surface area (Å²) in [6, 6.07) is 5.60. The molecule has 1 aliphatic rings. The first-order valence-electron chi connectivity index (χ1n) is 9.01. The maximum Gasteiger partial charge on any atom is 0.321 e. The van der Waals surface area contributed by atoms with E-state index >= 15 is 0 Å². The third-order valence-electron chi connectivity index (χ3n) is 4.37. The van der Waals surface area contributed by atoms with Gasteiger partial charge in [0.1, 0.15) is 6.54 Å². The number of hydrogen-bond acceptors (Lipinski definition) is 6. The molecule has 0 aliphatic carbocycles. The molecule has 154 valence electrons. The summed E-state index contributed by atoms with van der Waals surface area (Å²) in [5.74, 6) is -1.39. The molecule has 2 N–H and O–H groups in total. The molecule has 1 heterocycles. The molecule has 1 aromatic carbocycles. The Labute approximate surface area is 164 Å². The van der Waals surface area contributed by atoms with Crippen LogP contribution in [0.4, 0.5) is 5.69 Å². The number of carbonyl (C=O) groups excluding carboxylic acids is 3. The summed E-state index contributed by atoms with van der Waals surface area (Å²) in [7, 11) is -3.93. The number of likely N-dealkylation sites (tertiary alicyclic amines) is 1. The Kier molecular flexibility index (Phi) is 7.53. The molecule has 10 heteroatoms. The number of ether oxygens (including phenoxy) is 1. The van der Waals surface area contributed by atoms with Crippen LogP contribution in [0, 0.1) is 0 Å². The lowest BCUT2D eigenvalue weighted by Gasteiger charge is -2.33. The zero-order valence-corrected chi connectivity index (χ0v) is 16.8. The second-order valence-electron chi connectivity index (χ2n) is 6.62. The average Bonchev–Trinajstić information content (AvgIpc) is 2.65. The number of sulfonamides is 1. The smallest absolute Gasteiger partial charge is 0.321 e. The van der Waals surface area contributed by atoms with Gasteiger partial charge in [-0.05, 0) is 50.5 Å². The van der Waals surface area contributed by atoms with E-state index in [1.54, 1.807) is 4.90 Å². The van der Waals surface area contributed by atoms with Gasteiger partial charge in [0.15, 0.2) is 6.61 Å². The van der Waals surface area contributed by atoms with Crippen LogP contribution < -0.4 is 10.0 Å². The van der Waals surface area contributed by atoms with E-state index in [9.17, 15) is 22.8 Å². The first kappa shape index (κ1) is 21.8. The van der Waals surface area contributed by atoms with E-state index in [-0.39, 0.29) is 22.8 Å². The van der Waals surface area contributed by atoms with Crippen molar-refractivity contribution in [3.8, 4) is 0 Å². The van der Waals surface area contributed by atoms with Crippen molar-refractivity contribution < 1.29 is 27.5 Å². The molecule has 0 radical (unpaired) electrons. The van der Waals surface area contributed by atoms with Gasteiger partial charge in [0.2, 0.25) is 15.9 Å². The van der Waals surface area contributed by atoms with Gasteiger partial charge in [0, 0.05) is 25.2 Å². The number of rotatable bonds is 7. The largest absolute Gasteiger partial charge is 0.455 e. The van der Waals surface area contributed by atoms with Gasteiger partial charge in [-0.2, -0.15) is 4.72 Å². The van der Waals surface area contributed by atoms with Crippen LogP contribution in [0.2, 0.25) is 0 Å². The fourth-order valence-electron chi connectivity index (χ4n) is 2.90. The standard InChI is InChI=1S/C18H25N3O6S/c1-13-5-3-4-10-21(13)17(23)12-27-18(24)11-19-28(25,26)16-8-6-15(7-9-16)20-14(2)22/h6-9,13,19H,3-5,10-12H2,1-2H3,(H,20,22)/t13-/m0/s1. The van der Waals surface area contributed by atoms with E-state index in [4.69, 9.17) is 4.74 Å². The molecular formula is C18H25N3O6S. The van der Waals surface area contributed by atoms with Crippen LogP contribution in [0.1, 0.15) is 33.1 Å². The summed E-state index contributed by atoms with van der Waals surface area (Å²) in [5.41, 5.74) is 0.455. The minimum atomic E-state index is -3.93. The predicted octanol–water partition coefficient (Wildman–Crippen LogP) is 0.868. The van der Waals surface area contributed by atoms with Crippen LogP contribution in [-0.2, 0) is 29.1 Å². The van der Waals surface area contributed by atoms with Gasteiger partial charge in [-0.1, -0.05) is 0 Å². The molecule has 9 nitrogen and oxygen atoms in total. The van der Waals surface area contributed by atoms with Crippen LogP contribution in [0.15, 0.2) is 29.2 Å². The monoisotopic (exact) mass is 411 g/mol. The number of benzene rings is 1. The first-order valence-corrected chi connectivity index (χ1v) is 10.5. The summed E-state index contributed by atoms with van der Waals surface area (Å²) < 4.78 is 31.5. The Morgan fingerprint density at radius 3 is 2.46 bits per heavy atom. The first-order chi connectivity index (χ1) is 13.2. The van der Waals surface area contributed by atoms with Crippen molar-refractivity contribution in [2.45, 2.75) is 44.0 Å². The number of nitrogens with zero attached hydrogens (tertiary/aromatic N) is 1. The van der Waals surface area contributed by atoms with E-state index in [1.807, 2.05) is 6.92 Å². The highest BCUT2D eigenvalue weighted by Crippen LogP contribution is 2.16. The van der Waals surface area contributed by atoms with Crippen LogP contribution >= 0.6 is 0 Å². The van der Waals surface area contributed by atoms with Crippen LogP contribution in [0.3, 0.4) is 0 Å². The normalized spacial score (nSPS) is 17.1. The van der Waals surface area contributed by atoms with E-state index in [0.717, 1.165) is 19.3 Å². The molecule has 28 heavy (non-hydrogen) atoms. The van der Waals surface area contributed by atoms with E-state index < -0.39 is 29.1 Å². The van der Waals surface area contributed by atoms with E-state index in [0.29, 0.717) is 12.2 Å². The van der Waals surface area contributed by atoms with Crippen molar-refractivity contribution in [3.63, 3.8) is 0 Å². The zero-order chi connectivity index (χ0) is 20.7. The van der Waals surface area contributed by atoms with Crippen molar-refractivity contribution in [3.05, 3.63) is 24.3 Å². The maximum atomic E-state index is 12.2. The number of esters is 1. The fourth-order valence-corrected chi connectivity index (χ4v) is 3.87. The van der Waals surface area contributed by atoms with Crippen molar-refractivity contribution >= 4 is 33.5 Å². The number of carbonyl (C=O) groups is 3. The topological polar surface area (TPSA) is 122 Å². The van der Waals surface area contributed by atoms with Gasteiger partial charge < -0.3 is 15.0 Å². The summed E-state index contributed by atoms with van der Waals surface area (Å²) in [5, 5.41) is 2.53. The Hall–Kier alpha value is -2.46. The van der Waals surface area contributed by atoms with Gasteiger partial charge in [0.05, 0.1) is 4.90 Å². The number of piperidine rings is 1.